The minimum absolute atomic E-state index is 1.12. The highest BCUT2D eigenvalue weighted by molar-refractivity contribution is 9.10. The van der Waals surface area contributed by atoms with Crippen molar-refractivity contribution < 1.29 is 0 Å². The first kappa shape index (κ1) is 7.80. The van der Waals surface area contributed by atoms with Crippen LogP contribution in [-0.4, -0.2) is 0 Å². The number of halogens is 1. The van der Waals surface area contributed by atoms with E-state index in [1.165, 1.54) is 12.0 Å². The van der Waals surface area contributed by atoms with Crippen molar-refractivity contribution in [2.24, 2.45) is 0 Å². The van der Waals surface area contributed by atoms with E-state index in [2.05, 4.69) is 35.0 Å². The Hall–Kier alpha value is -0.300. The van der Waals surface area contributed by atoms with Gasteiger partial charge in [-0.1, -0.05) is 35.3 Å². The molecule has 1 heteroatoms. The van der Waals surface area contributed by atoms with E-state index < -0.39 is 0 Å². The van der Waals surface area contributed by atoms with Crippen LogP contribution in [0.2, 0.25) is 0 Å². The van der Waals surface area contributed by atoms with Crippen molar-refractivity contribution in [3.8, 4) is 0 Å². The number of aryl methyl sites for hydroxylation is 1. The van der Waals surface area contributed by atoms with Crippen LogP contribution in [0.25, 0.3) is 0 Å². The molecular weight excluding hydrogens is 188 g/mol. The van der Waals surface area contributed by atoms with Gasteiger partial charge < -0.3 is 0 Å². The highest BCUT2D eigenvalue weighted by Gasteiger charge is 1.90. The summed E-state index contributed by atoms with van der Waals surface area (Å²) in [6, 6.07) is 9.17. The average molecular weight is 198 g/mol. The Bertz CT molecular complexity index is 206. The maximum atomic E-state index is 3.40. The van der Waals surface area contributed by atoms with E-state index in [1.807, 2.05) is 12.1 Å². The van der Waals surface area contributed by atoms with Crippen LogP contribution in [0.15, 0.2) is 22.7 Å². The molecule has 0 heterocycles. The lowest BCUT2D eigenvalue weighted by atomic mass is 10.1. The molecule has 0 saturated heterocycles. The molecule has 0 aromatic heterocycles. The molecule has 0 N–H and O–H groups in total. The van der Waals surface area contributed by atoms with Gasteiger partial charge in [-0.3, -0.25) is 0 Å². The summed E-state index contributed by atoms with van der Waals surface area (Å²) in [5, 5.41) is 0. The van der Waals surface area contributed by atoms with Gasteiger partial charge in [0.2, 0.25) is 0 Å². The lowest BCUT2D eigenvalue weighted by molar-refractivity contribution is 0.921. The predicted octanol–water partition coefficient (Wildman–Crippen LogP) is 3.20. The summed E-state index contributed by atoms with van der Waals surface area (Å²) in [6.45, 7) is 2.18. The highest BCUT2D eigenvalue weighted by Crippen LogP contribution is 2.11. The van der Waals surface area contributed by atoms with Crippen LogP contribution in [0.3, 0.4) is 0 Å². The summed E-state index contributed by atoms with van der Waals surface area (Å²) in [5.41, 5.74) is 1.36. The molecule has 1 rings (SSSR count). The first-order valence-corrected chi connectivity index (χ1v) is 4.27. The lowest BCUT2D eigenvalue weighted by Crippen LogP contribution is -1.80. The third kappa shape index (κ3) is 2.14. The van der Waals surface area contributed by atoms with Crippen molar-refractivity contribution in [1.82, 2.24) is 0 Å². The van der Waals surface area contributed by atoms with E-state index >= 15 is 0 Å². The van der Waals surface area contributed by atoms with Crippen LogP contribution in [0, 0.1) is 6.07 Å². The number of rotatable bonds is 2. The normalized spacial score (nSPS) is 9.80. The zero-order valence-corrected chi connectivity index (χ0v) is 7.61. The number of benzene rings is 1. The van der Waals surface area contributed by atoms with Gasteiger partial charge in [0, 0.05) is 4.47 Å². The maximum Gasteiger partial charge on any atom is 0.0184 e. The maximum absolute atomic E-state index is 3.40. The van der Waals surface area contributed by atoms with Crippen LogP contribution in [0.4, 0.5) is 0 Å². The van der Waals surface area contributed by atoms with Gasteiger partial charge in [-0.05, 0) is 30.2 Å². The van der Waals surface area contributed by atoms with E-state index in [0.717, 1.165) is 10.9 Å². The molecule has 0 aliphatic heterocycles. The SMILES string of the molecule is CCCc1c[c]cc(Br)c1. The van der Waals surface area contributed by atoms with Gasteiger partial charge in [-0.2, -0.15) is 0 Å². The first-order valence-electron chi connectivity index (χ1n) is 3.48. The summed E-state index contributed by atoms with van der Waals surface area (Å²) in [7, 11) is 0. The highest BCUT2D eigenvalue weighted by atomic mass is 79.9. The van der Waals surface area contributed by atoms with E-state index in [0.29, 0.717) is 0 Å². The van der Waals surface area contributed by atoms with Gasteiger partial charge in [0.25, 0.3) is 0 Å². The molecule has 0 bridgehead atoms. The van der Waals surface area contributed by atoms with Gasteiger partial charge >= 0.3 is 0 Å². The van der Waals surface area contributed by atoms with E-state index in [9.17, 15) is 0 Å². The largest absolute Gasteiger partial charge is 0.0651 e. The van der Waals surface area contributed by atoms with Crippen LogP contribution in [-0.2, 0) is 6.42 Å². The summed E-state index contributed by atoms with van der Waals surface area (Å²) < 4.78 is 1.12. The van der Waals surface area contributed by atoms with Crippen LogP contribution in [0.1, 0.15) is 18.9 Å². The van der Waals surface area contributed by atoms with Crippen LogP contribution >= 0.6 is 15.9 Å². The summed E-state index contributed by atoms with van der Waals surface area (Å²) in [6.07, 6.45) is 2.35. The molecule has 0 saturated carbocycles. The predicted molar refractivity (Wildman–Crippen MR) is 47.0 cm³/mol. The second-order valence-corrected chi connectivity index (χ2v) is 3.23. The monoisotopic (exact) mass is 197 g/mol. The third-order valence-electron chi connectivity index (χ3n) is 1.35. The first-order chi connectivity index (χ1) is 4.83. The van der Waals surface area contributed by atoms with Gasteiger partial charge in [0.15, 0.2) is 0 Å². The zero-order chi connectivity index (χ0) is 7.40. The fourth-order valence-electron chi connectivity index (χ4n) is 0.922. The van der Waals surface area contributed by atoms with Crippen molar-refractivity contribution in [3.05, 3.63) is 34.3 Å². The van der Waals surface area contributed by atoms with Gasteiger partial charge in [0.05, 0.1) is 0 Å². The van der Waals surface area contributed by atoms with Crippen molar-refractivity contribution in [1.29, 1.82) is 0 Å². The quantitative estimate of drug-likeness (QED) is 0.684. The molecule has 0 aliphatic rings. The van der Waals surface area contributed by atoms with Gasteiger partial charge in [-0.15, -0.1) is 0 Å². The molecule has 10 heavy (non-hydrogen) atoms. The Morgan fingerprint density at radius 1 is 1.50 bits per heavy atom. The Balaban J connectivity index is 2.75. The van der Waals surface area contributed by atoms with E-state index in [-0.39, 0.29) is 0 Å². The molecule has 0 aliphatic carbocycles. The van der Waals surface area contributed by atoms with Gasteiger partial charge in [0.1, 0.15) is 0 Å². The summed E-state index contributed by atoms with van der Waals surface area (Å²) in [5.74, 6) is 0. The topological polar surface area (TPSA) is 0 Å². The molecule has 53 valence electrons. The van der Waals surface area contributed by atoms with Crippen molar-refractivity contribution in [2.45, 2.75) is 19.8 Å². The van der Waals surface area contributed by atoms with Crippen molar-refractivity contribution in [3.63, 3.8) is 0 Å². The zero-order valence-electron chi connectivity index (χ0n) is 6.02. The van der Waals surface area contributed by atoms with E-state index in [1.54, 1.807) is 0 Å². The average Bonchev–Trinajstić information content (AvgIpc) is 1.88. The third-order valence-corrected chi connectivity index (χ3v) is 1.81. The smallest absolute Gasteiger partial charge is 0.0184 e. The molecule has 0 nitrogen and oxygen atoms in total. The molecule has 0 unspecified atom stereocenters. The molecule has 1 aromatic rings. The van der Waals surface area contributed by atoms with Crippen molar-refractivity contribution >= 4 is 15.9 Å². The minimum atomic E-state index is 1.12. The fourth-order valence-corrected chi connectivity index (χ4v) is 1.35. The summed E-state index contributed by atoms with van der Waals surface area (Å²) >= 11 is 3.40. The Morgan fingerprint density at radius 3 is 2.90 bits per heavy atom. The molecule has 1 aromatic carbocycles. The van der Waals surface area contributed by atoms with Crippen molar-refractivity contribution in [2.75, 3.05) is 0 Å². The fraction of sp³-hybridized carbons (Fsp3) is 0.333. The molecular formula is C9H10Br. The molecule has 0 fully saturated rings. The number of hydrogen-bond acceptors (Lipinski definition) is 0. The molecule has 1 radical (unpaired) electrons. The Morgan fingerprint density at radius 2 is 2.30 bits per heavy atom. The summed E-state index contributed by atoms with van der Waals surface area (Å²) in [4.78, 5) is 0. The van der Waals surface area contributed by atoms with E-state index in [4.69, 9.17) is 0 Å². The van der Waals surface area contributed by atoms with Crippen LogP contribution in [0.5, 0.6) is 0 Å². The lowest BCUT2D eigenvalue weighted by Gasteiger charge is -1.96. The standard InChI is InChI=1S/C9H10Br/c1-2-4-8-5-3-6-9(10)7-8/h5-7H,2,4H2,1H3. The molecule has 0 spiro atoms. The second kappa shape index (κ2) is 3.77. The molecule has 0 amide bonds. The second-order valence-electron chi connectivity index (χ2n) is 2.31. The number of hydrogen-bond donors (Lipinski definition) is 0. The minimum Gasteiger partial charge on any atom is -0.0651 e. The Kier molecular flexibility index (Phi) is 2.94. The van der Waals surface area contributed by atoms with Gasteiger partial charge in [-0.25, -0.2) is 0 Å². The molecule has 0 atom stereocenters. The van der Waals surface area contributed by atoms with Crippen LogP contribution < -0.4 is 0 Å². The Labute approximate surface area is 70.4 Å².